The maximum absolute atomic E-state index is 12.1. The zero-order chi connectivity index (χ0) is 17.5. The smallest absolute Gasteiger partial charge is 0.319 e. The van der Waals surface area contributed by atoms with Gasteiger partial charge in [-0.15, -0.1) is 0 Å². The average Bonchev–Trinajstić information content (AvgIpc) is 2.57. The first kappa shape index (κ1) is 18.1. The molecule has 24 heavy (non-hydrogen) atoms. The van der Waals surface area contributed by atoms with E-state index in [1.807, 2.05) is 43.3 Å². The summed E-state index contributed by atoms with van der Waals surface area (Å²) in [5, 5.41) is 6.31. The number of methoxy groups -OCH3 is 1. The summed E-state index contributed by atoms with van der Waals surface area (Å²) in [4.78, 5) is 14.1. The van der Waals surface area contributed by atoms with Gasteiger partial charge < -0.3 is 20.3 Å². The highest BCUT2D eigenvalue weighted by Gasteiger charge is 2.18. The fraction of sp³-hybridized carbons (Fsp3) is 0.278. The summed E-state index contributed by atoms with van der Waals surface area (Å²) in [6, 6.07) is 14.5. The zero-order valence-electron chi connectivity index (χ0n) is 14.0. The number of hydrogen-bond acceptors (Lipinski definition) is 3. The van der Waals surface area contributed by atoms with E-state index >= 15 is 0 Å². The van der Waals surface area contributed by atoms with Gasteiger partial charge >= 0.3 is 6.03 Å². The number of rotatable bonds is 6. The Morgan fingerprint density at radius 3 is 2.46 bits per heavy atom. The second-order valence-electron chi connectivity index (χ2n) is 5.56. The Hall–Kier alpha value is -2.24. The Balaban J connectivity index is 2.01. The van der Waals surface area contributed by atoms with Gasteiger partial charge in [-0.25, -0.2) is 4.79 Å². The van der Waals surface area contributed by atoms with E-state index in [4.69, 9.17) is 16.3 Å². The highest BCUT2D eigenvalue weighted by molar-refractivity contribution is 6.30. The van der Waals surface area contributed by atoms with E-state index in [0.717, 1.165) is 11.3 Å². The molecule has 0 aromatic heterocycles. The lowest BCUT2D eigenvalue weighted by Crippen LogP contribution is -2.37. The van der Waals surface area contributed by atoms with Crippen molar-refractivity contribution in [3.63, 3.8) is 0 Å². The number of urea groups is 1. The lowest BCUT2D eigenvalue weighted by Gasteiger charge is -2.26. The molecule has 0 fully saturated rings. The van der Waals surface area contributed by atoms with Crippen LogP contribution in [0.1, 0.15) is 11.6 Å². The summed E-state index contributed by atoms with van der Waals surface area (Å²) < 4.78 is 5.42. The molecule has 1 unspecified atom stereocenters. The summed E-state index contributed by atoms with van der Waals surface area (Å²) >= 11 is 5.84. The molecular weight excluding hydrogens is 326 g/mol. The minimum Gasteiger partial charge on any atom is -0.496 e. The summed E-state index contributed by atoms with van der Waals surface area (Å²) in [6.07, 6.45) is 0. The summed E-state index contributed by atoms with van der Waals surface area (Å²) in [7, 11) is 5.58. The number of halogens is 1. The van der Waals surface area contributed by atoms with Crippen LogP contribution in [0.25, 0.3) is 0 Å². The normalized spacial score (nSPS) is 11.9. The quantitative estimate of drug-likeness (QED) is 0.836. The van der Waals surface area contributed by atoms with Crippen molar-refractivity contribution in [3.05, 3.63) is 59.1 Å². The molecule has 0 aliphatic carbocycles. The molecule has 5 nitrogen and oxygen atoms in total. The highest BCUT2D eigenvalue weighted by Crippen LogP contribution is 2.27. The Bertz CT molecular complexity index is 674. The van der Waals surface area contributed by atoms with Gasteiger partial charge in [0.05, 0.1) is 13.2 Å². The molecular formula is C18H22ClN3O2. The number of anilines is 1. The van der Waals surface area contributed by atoms with Crippen molar-refractivity contribution in [3.8, 4) is 5.75 Å². The number of nitrogens with zero attached hydrogens (tertiary/aromatic N) is 1. The van der Waals surface area contributed by atoms with Gasteiger partial charge in [0, 0.05) is 22.8 Å². The number of benzene rings is 2. The number of likely N-dealkylation sites (N-methyl/N-ethyl adjacent to an activating group) is 1. The third kappa shape index (κ3) is 4.88. The lowest BCUT2D eigenvalue weighted by molar-refractivity contribution is 0.242. The van der Waals surface area contributed by atoms with Crippen molar-refractivity contribution >= 4 is 23.3 Å². The monoisotopic (exact) mass is 347 g/mol. The molecule has 2 aromatic carbocycles. The summed E-state index contributed by atoms with van der Waals surface area (Å²) in [6.45, 7) is 0.451. The van der Waals surface area contributed by atoms with Gasteiger partial charge in [-0.3, -0.25) is 0 Å². The van der Waals surface area contributed by atoms with Crippen LogP contribution in [0.5, 0.6) is 5.75 Å². The molecule has 2 N–H and O–H groups in total. The standard InChI is InChI=1S/C18H22ClN3O2/c1-22(2)16(15-6-4-5-7-17(15)24-3)12-20-18(23)21-14-10-8-13(19)9-11-14/h4-11,16H,12H2,1-3H3,(H2,20,21,23). The Morgan fingerprint density at radius 2 is 1.83 bits per heavy atom. The van der Waals surface area contributed by atoms with Gasteiger partial charge in [0.25, 0.3) is 0 Å². The molecule has 0 heterocycles. The summed E-state index contributed by atoms with van der Waals surface area (Å²) in [5.74, 6) is 0.802. The molecule has 0 radical (unpaired) electrons. The molecule has 0 spiro atoms. The van der Waals surface area contributed by atoms with Gasteiger partial charge in [0.2, 0.25) is 0 Å². The van der Waals surface area contributed by atoms with E-state index in [2.05, 4.69) is 10.6 Å². The average molecular weight is 348 g/mol. The number of para-hydroxylation sites is 1. The highest BCUT2D eigenvalue weighted by atomic mass is 35.5. The van der Waals surface area contributed by atoms with Crippen molar-refractivity contribution in [1.29, 1.82) is 0 Å². The fourth-order valence-electron chi connectivity index (χ4n) is 2.41. The molecule has 0 saturated heterocycles. The molecule has 1 atom stereocenters. The third-order valence-corrected chi connectivity index (χ3v) is 3.93. The number of carbonyl (C=O) groups excluding carboxylic acids is 1. The lowest BCUT2D eigenvalue weighted by atomic mass is 10.0. The first-order chi connectivity index (χ1) is 11.5. The number of ether oxygens (including phenoxy) is 1. The molecule has 0 aliphatic heterocycles. The molecule has 0 bridgehead atoms. The van der Waals surface area contributed by atoms with Gasteiger partial charge in [-0.05, 0) is 44.4 Å². The van der Waals surface area contributed by atoms with Crippen molar-refractivity contribution in [2.24, 2.45) is 0 Å². The van der Waals surface area contributed by atoms with Crippen LogP contribution in [0.2, 0.25) is 5.02 Å². The second-order valence-corrected chi connectivity index (χ2v) is 6.00. The Kier molecular flexibility index (Phi) is 6.46. The molecule has 128 valence electrons. The van der Waals surface area contributed by atoms with Gasteiger partial charge in [0.1, 0.15) is 5.75 Å². The molecule has 6 heteroatoms. The van der Waals surface area contributed by atoms with Gasteiger partial charge in [0.15, 0.2) is 0 Å². The number of carbonyl (C=O) groups is 1. The maximum Gasteiger partial charge on any atom is 0.319 e. The molecule has 0 saturated carbocycles. The first-order valence-electron chi connectivity index (χ1n) is 7.61. The van der Waals surface area contributed by atoms with Crippen LogP contribution >= 0.6 is 11.6 Å². The minimum absolute atomic E-state index is 0.00267. The molecule has 0 aliphatic rings. The predicted octanol–water partition coefficient (Wildman–Crippen LogP) is 3.77. The van der Waals surface area contributed by atoms with Crippen molar-refractivity contribution < 1.29 is 9.53 Å². The van der Waals surface area contributed by atoms with E-state index in [9.17, 15) is 4.79 Å². The van der Waals surface area contributed by atoms with Gasteiger partial charge in [-0.1, -0.05) is 29.8 Å². The van der Waals surface area contributed by atoms with Crippen LogP contribution in [0.3, 0.4) is 0 Å². The van der Waals surface area contributed by atoms with Crippen molar-refractivity contribution in [1.82, 2.24) is 10.2 Å². The van der Waals surface area contributed by atoms with E-state index in [1.165, 1.54) is 0 Å². The van der Waals surface area contributed by atoms with Crippen molar-refractivity contribution in [2.75, 3.05) is 33.1 Å². The molecule has 2 aromatic rings. The zero-order valence-corrected chi connectivity index (χ0v) is 14.8. The number of hydrogen-bond donors (Lipinski definition) is 2. The van der Waals surface area contributed by atoms with E-state index < -0.39 is 0 Å². The SMILES string of the molecule is COc1ccccc1C(CNC(=O)Nc1ccc(Cl)cc1)N(C)C. The number of nitrogens with one attached hydrogen (secondary N) is 2. The Labute approximate surface area is 147 Å². The molecule has 2 rings (SSSR count). The maximum atomic E-state index is 12.1. The fourth-order valence-corrected chi connectivity index (χ4v) is 2.54. The van der Waals surface area contributed by atoms with Crippen molar-refractivity contribution in [2.45, 2.75) is 6.04 Å². The van der Waals surface area contributed by atoms with Crippen LogP contribution in [-0.4, -0.2) is 38.7 Å². The van der Waals surface area contributed by atoms with Crippen LogP contribution < -0.4 is 15.4 Å². The minimum atomic E-state index is -0.265. The van der Waals surface area contributed by atoms with Crippen LogP contribution in [0, 0.1) is 0 Å². The predicted molar refractivity (Wildman–Crippen MR) is 97.9 cm³/mol. The van der Waals surface area contributed by atoms with E-state index in [-0.39, 0.29) is 12.1 Å². The third-order valence-electron chi connectivity index (χ3n) is 3.68. The Morgan fingerprint density at radius 1 is 1.17 bits per heavy atom. The van der Waals surface area contributed by atoms with E-state index in [0.29, 0.717) is 17.3 Å². The van der Waals surface area contributed by atoms with Crippen LogP contribution in [-0.2, 0) is 0 Å². The van der Waals surface area contributed by atoms with Crippen LogP contribution in [0.4, 0.5) is 10.5 Å². The largest absolute Gasteiger partial charge is 0.496 e. The van der Waals surface area contributed by atoms with Gasteiger partial charge in [-0.2, -0.15) is 0 Å². The number of amides is 2. The first-order valence-corrected chi connectivity index (χ1v) is 7.99. The second kappa shape index (κ2) is 8.57. The summed E-state index contributed by atoms with van der Waals surface area (Å²) in [5.41, 5.74) is 1.72. The topological polar surface area (TPSA) is 53.6 Å². The van der Waals surface area contributed by atoms with E-state index in [1.54, 1.807) is 31.4 Å². The van der Waals surface area contributed by atoms with Crippen LogP contribution in [0.15, 0.2) is 48.5 Å². The molecule has 2 amide bonds.